The molecule has 0 aliphatic rings. The van der Waals surface area contributed by atoms with Gasteiger partial charge in [-0.2, -0.15) is 26.3 Å². The molecule has 0 radical (unpaired) electrons. The number of carbonyl (C=O) groups is 1. The van der Waals surface area contributed by atoms with E-state index in [0.29, 0.717) is 6.07 Å². The molecule has 30 heavy (non-hydrogen) atoms. The highest BCUT2D eigenvalue weighted by Crippen LogP contribution is 2.37. The minimum absolute atomic E-state index is 0.124. The average Bonchev–Trinajstić information content (AvgIpc) is 2.66. The fraction of sp³-hybridized carbons (Fsp3) is 0.158. The van der Waals surface area contributed by atoms with Crippen molar-refractivity contribution in [2.24, 2.45) is 0 Å². The van der Waals surface area contributed by atoms with Gasteiger partial charge in [-0.05, 0) is 30.3 Å². The lowest BCUT2D eigenvalue weighted by molar-refractivity contribution is -0.137. The zero-order chi connectivity index (χ0) is 22.3. The Morgan fingerprint density at radius 2 is 1.63 bits per heavy atom. The topological polar surface area (TPSA) is 74.0 Å². The maximum absolute atomic E-state index is 13.3. The van der Waals surface area contributed by atoms with Crippen molar-refractivity contribution in [1.29, 1.82) is 0 Å². The Morgan fingerprint density at radius 3 is 2.23 bits per heavy atom. The third-order valence-corrected chi connectivity index (χ3v) is 4.32. The number of alkyl halides is 6. The Bertz CT molecular complexity index is 1180. The Kier molecular flexibility index (Phi) is 5.23. The summed E-state index contributed by atoms with van der Waals surface area (Å²) in [7, 11) is 1.40. The number of aromatic amines is 1. The van der Waals surface area contributed by atoms with Gasteiger partial charge in [0.25, 0.3) is 5.91 Å². The molecule has 0 aliphatic carbocycles. The summed E-state index contributed by atoms with van der Waals surface area (Å²) in [5, 5.41) is 3.71. The molecule has 0 spiro atoms. The first-order valence-electron chi connectivity index (χ1n) is 8.35. The molecule has 3 aromatic rings. The van der Waals surface area contributed by atoms with Gasteiger partial charge in [-0.15, -0.1) is 0 Å². The lowest BCUT2D eigenvalue weighted by Crippen LogP contribution is -2.25. The van der Waals surface area contributed by atoms with Crippen LogP contribution in [0.15, 0.2) is 47.4 Å². The second-order valence-corrected chi connectivity index (χ2v) is 6.22. The summed E-state index contributed by atoms with van der Waals surface area (Å²) >= 11 is 0. The summed E-state index contributed by atoms with van der Waals surface area (Å²) in [4.78, 5) is 27.5. The first-order valence-corrected chi connectivity index (χ1v) is 8.35. The van der Waals surface area contributed by atoms with Gasteiger partial charge in [0.2, 0.25) is 5.43 Å². The number of benzene rings is 2. The number of rotatable bonds is 3. The van der Waals surface area contributed by atoms with E-state index in [9.17, 15) is 35.9 Å². The molecule has 0 bridgehead atoms. The Labute approximate surface area is 164 Å². The first kappa shape index (κ1) is 21.2. The molecule has 0 saturated heterocycles. The van der Waals surface area contributed by atoms with E-state index in [1.165, 1.54) is 19.2 Å². The van der Waals surface area contributed by atoms with E-state index in [2.05, 4.69) is 10.3 Å². The van der Waals surface area contributed by atoms with E-state index in [1.807, 2.05) is 5.32 Å². The van der Waals surface area contributed by atoms with Gasteiger partial charge in [0.1, 0.15) is 5.56 Å². The number of amides is 1. The summed E-state index contributed by atoms with van der Waals surface area (Å²) in [6, 6.07) is 5.96. The van der Waals surface area contributed by atoms with Crippen LogP contribution in [0.3, 0.4) is 0 Å². The summed E-state index contributed by atoms with van der Waals surface area (Å²) in [5.74, 6) is -1.28. The van der Waals surface area contributed by atoms with Crippen molar-refractivity contribution in [3.05, 3.63) is 69.5 Å². The molecule has 158 valence electrons. The number of aromatic nitrogens is 1. The largest absolute Gasteiger partial charge is 0.418 e. The molecule has 1 amide bonds. The minimum Gasteiger partial charge on any atom is -0.388 e. The summed E-state index contributed by atoms with van der Waals surface area (Å²) in [6.07, 6.45) is -8.84. The average molecular weight is 429 g/mol. The number of fused-ring (bicyclic) bond motifs is 1. The Morgan fingerprint density at radius 1 is 0.967 bits per heavy atom. The second kappa shape index (κ2) is 7.39. The predicted octanol–water partition coefficient (Wildman–Crippen LogP) is 4.86. The molecule has 0 unspecified atom stereocenters. The van der Waals surface area contributed by atoms with Crippen LogP contribution in [-0.4, -0.2) is 17.9 Å². The van der Waals surface area contributed by atoms with Crippen LogP contribution in [0.25, 0.3) is 10.9 Å². The van der Waals surface area contributed by atoms with E-state index in [4.69, 9.17) is 0 Å². The molecule has 2 aromatic carbocycles. The molecular weight excluding hydrogens is 416 g/mol. The highest BCUT2D eigenvalue weighted by Gasteiger charge is 2.36. The number of pyridine rings is 1. The quantitative estimate of drug-likeness (QED) is 0.521. The lowest BCUT2D eigenvalue weighted by atomic mass is 10.0. The summed E-state index contributed by atoms with van der Waals surface area (Å²) in [5.41, 5.74) is -5.14. The molecule has 3 N–H and O–H groups in total. The SMILES string of the molecule is CNc1ccc(NC(=O)c2c[nH]c3cccc(C(F)(F)F)c3c2=O)c(C(F)(F)F)c1. The Hall–Kier alpha value is -3.50. The zero-order valence-corrected chi connectivity index (χ0v) is 15.1. The van der Waals surface area contributed by atoms with E-state index in [1.54, 1.807) is 0 Å². The number of carbonyl (C=O) groups excluding carboxylic acids is 1. The summed E-state index contributed by atoms with van der Waals surface area (Å²) < 4.78 is 79.7. The zero-order valence-electron chi connectivity index (χ0n) is 15.1. The normalized spacial score (nSPS) is 12.1. The maximum Gasteiger partial charge on any atom is 0.418 e. The third-order valence-electron chi connectivity index (χ3n) is 4.32. The smallest absolute Gasteiger partial charge is 0.388 e. The standard InChI is InChI=1S/C19H13F6N3O2/c1-26-9-5-6-13(12(7-9)19(23,24)25)28-17(30)10-8-27-14-4-2-3-11(18(20,21)22)15(14)16(10)29/h2-8,26H,1H3,(H,27,29)(H,28,30). The second-order valence-electron chi connectivity index (χ2n) is 6.22. The third kappa shape index (κ3) is 3.95. The molecular formula is C19H13F6N3O2. The molecule has 0 saturated carbocycles. The number of hydrogen-bond donors (Lipinski definition) is 3. The molecule has 3 rings (SSSR count). The van der Waals surface area contributed by atoms with Crippen LogP contribution in [0.4, 0.5) is 37.7 Å². The fourth-order valence-corrected chi connectivity index (χ4v) is 2.91. The maximum atomic E-state index is 13.3. The molecule has 0 atom stereocenters. The van der Waals surface area contributed by atoms with Gasteiger partial charge in [0.05, 0.1) is 22.2 Å². The number of nitrogens with one attached hydrogen (secondary N) is 3. The number of anilines is 2. The van der Waals surface area contributed by atoms with Crippen molar-refractivity contribution in [2.75, 3.05) is 17.7 Å². The van der Waals surface area contributed by atoms with Crippen molar-refractivity contribution in [2.45, 2.75) is 12.4 Å². The Balaban J connectivity index is 2.10. The first-order chi connectivity index (χ1) is 13.9. The van der Waals surface area contributed by atoms with E-state index in [0.717, 1.165) is 24.4 Å². The molecule has 11 heteroatoms. The predicted molar refractivity (Wildman–Crippen MR) is 98.5 cm³/mol. The van der Waals surface area contributed by atoms with Crippen molar-refractivity contribution >= 4 is 28.2 Å². The van der Waals surface area contributed by atoms with Gasteiger partial charge in [0.15, 0.2) is 0 Å². The molecule has 0 aliphatic heterocycles. The van der Waals surface area contributed by atoms with Crippen LogP contribution in [0.5, 0.6) is 0 Å². The van der Waals surface area contributed by atoms with Crippen LogP contribution in [0, 0.1) is 0 Å². The van der Waals surface area contributed by atoms with Gasteiger partial charge >= 0.3 is 12.4 Å². The van der Waals surface area contributed by atoms with Crippen LogP contribution in [-0.2, 0) is 12.4 Å². The molecule has 5 nitrogen and oxygen atoms in total. The molecule has 0 fully saturated rings. The minimum atomic E-state index is -4.87. The van der Waals surface area contributed by atoms with Gasteiger partial charge in [-0.3, -0.25) is 9.59 Å². The number of H-pyrrole nitrogens is 1. The number of halogens is 6. The van der Waals surface area contributed by atoms with Crippen molar-refractivity contribution in [1.82, 2.24) is 4.98 Å². The van der Waals surface area contributed by atoms with Gasteiger partial charge < -0.3 is 15.6 Å². The van der Waals surface area contributed by atoms with E-state index >= 15 is 0 Å². The van der Waals surface area contributed by atoms with Crippen molar-refractivity contribution in [3.8, 4) is 0 Å². The van der Waals surface area contributed by atoms with Crippen LogP contribution < -0.4 is 16.1 Å². The van der Waals surface area contributed by atoms with E-state index in [-0.39, 0.29) is 11.2 Å². The van der Waals surface area contributed by atoms with Gasteiger partial charge in [0, 0.05) is 24.4 Å². The number of hydrogen-bond acceptors (Lipinski definition) is 3. The van der Waals surface area contributed by atoms with Crippen LogP contribution in [0.1, 0.15) is 21.5 Å². The highest BCUT2D eigenvalue weighted by atomic mass is 19.4. The van der Waals surface area contributed by atoms with E-state index < -0.39 is 51.5 Å². The molecule has 1 heterocycles. The van der Waals surface area contributed by atoms with Gasteiger partial charge in [-0.25, -0.2) is 0 Å². The lowest BCUT2D eigenvalue weighted by Gasteiger charge is -2.15. The monoisotopic (exact) mass is 429 g/mol. The van der Waals surface area contributed by atoms with Crippen molar-refractivity contribution in [3.63, 3.8) is 0 Å². The van der Waals surface area contributed by atoms with Gasteiger partial charge in [-0.1, -0.05) is 6.07 Å². The van der Waals surface area contributed by atoms with Crippen molar-refractivity contribution < 1.29 is 31.1 Å². The summed E-state index contributed by atoms with van der Waals surface area (Å²) in [6.45, 7) is 0. The highest BCUT2D eigenvalue weighted by molar-refractivity contribution is 6.06. The fourth-order valence-electron chi connectivity index (χ4n) is 2.91. The van der Waals surface area contributed by atoms with Crippen LogP contribution >= 0.6 is 0 Å². The molecule has 1 aromatic heterocycles. The van der Waals surface area contributed by atoms with Crippen LogP contribution in [0.2, 0.25) is 0 Å².